The molecule has 17 heavy (non-hydrogen) atoms. The summed E-state index contributed by atoms with van der Waals surface area (Å²) in [5.41, 5.74) is 5.44. The maximum Gasteiger partial charge on any atom is 0.131 e. The van der Waals surface area contributed by atoms with Crippen molar-refractivity contribution in [2.45, 2.75) is 6.04 Å². The Kier molecular flexibility index (Phi) is 3.15. The van der Waals surface area contributed by atoms with Crippen LogP contribution >= 0.6 is 0 Å². The molecular weight excluding hydrogens is 227 g/mol. The molecule has 0 radical (unpaired) electrons. The summed E-state index contributed by atoms with van der Waals surface area (Å²) >= 11 is 0. The minimum absolute atomic E-state index is 0.0662. The van der Waals surface area contributed by atoms with Crippen LogP contribution in [0.15, 0.2) is 42.5 Å². The van der Waals surface area contributed by atoms with Gasteiger partial charge in [0.15, 0.2) is 0 Å². The second-order valence-electron chi connectivity index (χ2n) is 3.63. The van der Waals surface area contributed by atoms with Crippen LogP contribution in [-0.4, -0.2) is 0 Å². The maximum atomic E-state index is 13.5. The van der Waals surface area contributed by atoms with Gasteiger partial charge in [-0.2, -0.15) is 0 Å². The predicted octanol–water partition coefficient (Wildman–Crippen LogP) is 3.15. The molecule has 88 valence electrons. The molecule has 0 aromatic heterocycles. The van der Waals surface area contributed by atoms with Gasteiger partial charge in [0.1, 0.15) is 17.5 Å². The highest BCUT2D eigenvalue weighted by atomic mass is 19.1. The Morgan fingerprint density at radius 1 is 0.765 bits per heavy atom. The molecule has 0 bridgehead atoms. The van der Waals surface area contributed by atoms with E-state index in [1.807, 2.05) is 0 Å². The molecule has 0 fully saturated rings. The molecule has 0 spiro atoms. The van der Waals surface area contributed by atoms with Crippen LogP contribution in [-0.2, 0) is 0 Å². The van der Waals surface area contributed by atoms with Gasteiger partial charge in [-0.1, -0.05) is 24.3 Å². The Morgan fingerprint density at radius 3 is 1.88 bits per heavy atom. The Morgan fingerprint density at radius 2 is 1.29 bits per heavy atom. The fourth-order valence-electron chi connectivity index (χ4n) is 1.69. The van der Waals surface area contributed by atoms with Crippen LogP contribution in [0.2, 0.25) is 0 Å². The van der Waals surface area contributed by atoms with Gasteiger partial charge in [-0.25, -0.2) is 13.2 Å². The van der Waals surface area contributed by atoms with E-state index in [-0.39, 0.29) is 11.1 Å². The lowest BCUT2D eigenvalue weighted by Gasteiger charge is -2.14. The first-order valence-electron chi connectivity index (χ1n) is 5.05. The molecule has 2 aromatic carbocycles. The summed E-state index contributed by atoms with van der Waals surface area (Å²) in [6.45, 7) is 0. The average Bonchev–Trinajstić information content (AvgIpc) is 2.29. The molecule has 0 saturated carbocycles. The Balaban J connectivity index is 2.51. The smallest absolute Gasteiger partial charge is 0.131 e. The van der Waals surface area contributed by atoms with E-state index in [2.05, 4.69) is 0 Å². The number of hydrogen-bond acceptors (Lipinski definition) is 1. The zero-order valence-electron chi connectivity index (χ0n) is 8.83. The monoisotopic (exact) mass is 237 g/mol. The van der Waals surface area contributed by atoms with E-state index >= 15 is 0 Å². The SMILES string of the molecule is NC(c1ccccc1F)c1c(F)cccc1F. The number of rotatable bonds is 2. The van der Waals surface area contributed by atoms with Crippen molar-refractivity contribution in [3.63, 3.8) is 0 Å². The van der Waals surface area contributed by atoms with Gasteiger partial charge in [-0.3, -0.25) is 0 Å². The van der Waals surface area contributed by atoms with Crippen LogP contribution in [0, 0.1) is 17.5 Å². The topological polar surface area (TPSA) is 26.0 Å². The van der Waals surface area contributed by atoms with Gasteiger partial charge in [0, 0.05) is 11.1 Å². The quantitative estimate of drug-likeness (QED) is 0.853. The molecule has 4 heteroatoms. The third kappa shape index (κ3) is 2.17. The standard InChI is InChI=1S/C13H10F3N/c14-9-5-2-1-4-8(9)13(17)12-10(15)6-3-7-11(12)16/h1-7,13H,17H2. The van der Waals surface area contributed by atoms with Gasteiger partial charge in [0.25, 0.3) is 0 Å². The molecule has 2 aromatic rings. The third-order valence-corrected chi connectivity index (χ3v) is 2.55. The van der Waals surface area contributed by atoms with E-state index in [1.165, 1.54) is 24.3 Å². The molecule has 0 saturated heterocycles. The van der Waals surface area contributed by atoms with Crippen LogP contribution in [0.3, 0.4) is 0 Å². The molecule has 0 aliphatic rings. The van der Waals surface area contributed by atoms with E-state index in [0.29, 0.717) is 0 Å². The molecule has 1 nitrogen and oxygen atoms in total. The molecule has 2 N–H and O–H groups in total. The lowest BCUT2D eigenvalue weighted by atomic mass is 9.98. The number of hydrogen-bond donors (Lipinski definition) is 1. The minimum atomic E-state index is -1.16. The van der Waals surface area contributed by atoms with Crippen LogP contribution in [0.4, 0.5) is 13.2 Å². The van der Waals surface area contributed by atoms with Gasteiger partial charge < -0.3 is 5.73 Å². The Hall–Kier alpha value is -1.81. The summed E-state index contributed by atoms with van der Waals surface area (Å²) in [5, 5.41) is 0. The molecule has 2 rings (SSSR count). The van der Waals surface area contributed by atoms with Crippen molar-refractivity contribution in [1.29, 1.82) is 0 Å². The highest BCUT2D eigenvalue weighted by Gasteiger charge is 2.20. The first kappa shape index (κ1) is 11.7. The van der Waals surface area contributed by atoms with E-state index in [9.17, 15) is 13.2 Å². The van der Waals surface area contributed by atoms with Crippen molar-refractivity contribution in [3.05, 3.63) is 71.0 Å². The summed E-state index contributed by atoms with van der Waals surface area (Å²) < 4.78 is 40.4. The van der Waals surface area contributed by atoms with Crippen LogP contribution in [0.5, 0.6) is 0 Å². The van der Waals surface area contributed by atoms with E-state index in [1.54, 1.807) is 6.07 Å². The summed E-state index contributed by atoms with van der Waals surface area (Å²) in [6, 6.07) is 7.94. The van der Waals surface area contributed by atoms with Crippen molar-refractivity contribution in [2.24, 2.45) is 5.73 Å². The first-order chi connectivity index (χ1) is 8.11. The predicted molar refractivity (Wildman–Crippen MR) is 58.8 cm³/mol. The molecule has 0 aliphatic carbocycles. The molecule has 1 unspecified atom stereocenters. The second kappa shape index (κ2) is 4.59. The maximum absolute atomic E-state index is 13.5. The normalized spacial score (nSPS) is 12.5. The largest absolute Gasteiger partial charge is 0.320 e. The zero-order chi connectivity index (χ0) is 12.4. The third-order valence-electron chi connectivity index (χ3n) is 2.55. The highest BCUT2D eigenvalue weighted by Crippen LogP contribution is 2.26. The zero-order valence-corrected chi connectivity index (χ0v) is 8.83. The fourth-order valence-corrected chi connectivity index (χ4v) is 1.69. The number of nitrogens with two attached hydrogens (primary N) is 1. The highest BCUT2D eigenvalue weighted by molar-refractivity contribution is 5.33. The van der Waals surface area contributed by atoms with Gasteiger partial charge >= 0.3 is 0 Å². The molecular formula is C13H10F3N. The van der Waals surface area contributed by atoms with Crippen LogP contribution in [0.1, 0.15) is 17.2 Å². The number of benzene rings is 2. The summed E-state index contributed by atoms with van der Waals surface area (Å²) in [7, 11) is 0. The van der Waals surface area contributed by atoms with Crippen LogP contribution < -0.4 is 5.73 Å². The Bertz CT molecular complexity index is 520. The first-order valence-corrected chi connectivity index (χ1v) is 5.05. The Labute approximate surface area is 96.7 Å². The average molecular weight is 237 g/mol. The molecule has 0 amide bonds. The van der Waals surface area contributed by atoms with Crippen molar-refractivity contribution >= 4 is 0 Å². The second-order valence-corrected chi connectivity index (χ2v) is 3.63. The van der Waals surface area contributed by atoms with Crippen molar-refractivity contribution < 1.29 is 13.2 Å². The summed E-state index contributed by atoms with van der Waals surface area (Å²) in [4.78, 5) is 0. The van der Waals surface area contributed by atoms with Gasteiger partial charge in [0.2, 0.25) is 0 Å². The number of halogens is 3. The van der Waals surface area contributed by atoms with Gasteiger partial charge in [0.05, 0.1) is 6.04 Å². The van der Waals surface area contributed by atoms with Crippen molar-refractivity contribution in [2.75, 3.05) is 0 Å². The lowest BCUT2D eigenvalue weighted by Crippen LogP contribution is -2.17. The van der Waals surface area contributed by atoms with Crippen molar-refractivity contribution in [1.82, 2.24) is 0 Å². The summed E-state index contributed by atoms with van der Waals surface area (Å²) in [5.74, 6) is -2.14. The van der Waals surface area contributed by atoms with Crippen molar-refractivity contribution in [3.8, 4) is 0 Å². The van der Waals surface area contributed by atoms with Crippen LogP contribution in [0.25, 0.3) is 0 Å². The lowest BCUT2D eigenvalue weighted by molar-refractivity contribution is 0.533. The van der Waals surface area contributed by atoms with E-state index in [4.69, 9.17) is 5.73 Å². The van der Waals surface area contributed by atoms with Gasteiger partial charge in [-0.05, 0) is 18.2 Å². The van der Waals surface area contributed by atoms with E-state index in [0.717, 1.165) is 12.1 Å². The van der Waals surface area contributed by atoms with E-state index < -0.39 is 23.5 Å². The minimum Gasteiger partial charge on any atom is -0.320 e. The summed E-state index contributed by atoms with van der Waals surface area (Å²) in [6.07, 6.45) is 0. The fraction of sp³-hybridized carbons (Fsp3) is 0.0769. The molecule has 0 heterocycles. The molecule has 1 atom stereocenters. The van der Waals surface area contributed by atoms with Gasteiger partial charge in [-0.15, -0.1) is 0 Å². The molecule has 0 aliphatic heterocycles.